The van der Waals surface area contributed by atoms with Gasteiger partial charge in [0.05, 0.1) is 4.47 Å². The maximum atomic E-state index is 11.8. The average Bonchev–Trinajstić information content (AvgIpc) is 2.42. The molecule has 0 aliphatic carbocycles. The second-order valence-electron chi connectivity index (χ2n) is 3.81. The van der Waals surface area contributed by atoms with Crippen LogP contribution >= 0.6 is 15.9 Å². The summed E-state index contributed by atoms with van der Waals surface area (Å²) in [4.78, 5) is 19.8. The van der Waals surface area contributed by atoms with Gasteiger partial charge in [-0.1, -0.05) is 25.1 Å². The Bertz CT molecular complexity index is 571. The van der Waals surface area contributed by atoms with E-state index in [0.717, 1.165) is 22.1 Å². The fraction of sp³-hybridized carbons (Fsp3) is 0.154. The molecule has 2 rings (SSSR count). The molecule has 19 heavy (non-hydrogen) atoms. The molecule has 2 aromatic rings. The van der Waals surface area contributed by atoms with Gasteiger partial charge in [-0.15, -0.1) is 0 Å². The fourth-order valence-corrected chi connectivity index (χ4v) is 1.79. The van der Waals surface area contributed by atoms with Crippen LogP contribution in [0.2, 0.25) is 0 Å². The number of carbonyl (C=O) groups is 1. The van der Waals surface area contributed by atoms with E-state index in [2.05, 4.69) is 36.5 Å². The van der Waals surface area contributed by atoms with Crippen molar-refractivity contribution in [3.63, 3.8) is 0 Å². The number of urea groups is 1. The van der Waals surface area contributed by atoms with Crippen molar-refractivity contribution < 1.29 is 4.79 Å². The molecule has 0 saturated heterocycles. The number of nitrogens with zero attached hydrogens (tertiary/aromatic N) is 2. The molecule has 0 spiro atoms. The average molecular weight is 321 g/mol. The van der Waals surface area contributed by atoms with Gasteiger partial charge >= 0.3 is 6.03 Å². The number of halogens is 1. The smallest absolute Gasteiger partial charge is 0.307 e. The molecule has 0 unspecified atom stereocenters. The van der Waals surface area contributed by atoms with Crippen LogP contribution in [0.1, 0.15) is 12.5 Å². The molecular weight excluding hydrogens is 308 g/mol. The highest BCUT2D eigenvalue weighted by atomic mass is 79.9. The van der Waals surface area contributed by atoms with Gasteiger partial charge in [-0.3, -0.25) is 5.32 Å². The van der Waals surface area contributed by atoms with E-state index in [1.54, 1.807) is 12.4 Å². The number of nitrogens with one attached hydrogen (secondary N) is 2. The zero-order valence-electron chi connectivity index (χ0n) is 10.4. The minimum atomic E-state index is -0.358. The summed E-state index contributed by atoms with van der Waals surface area (Å²) >= 11 is 3.23. The zero-order valence-corrected chi connectivity index (χ0v) is 11.9. The highest BCUT2D eigenvalue weighted by molar-refractivity contribution is 9.10. The van der Waals surface area contributed by atoms with Gasteiger partial charge in [0, 0.05) is 18.1 Å². The van der Waals surface area contributed by atoms with Gasteiger partial charge in [-0.2, -0.15) is 0 Å². The summed E-state index contributed by atoms with van der Waals surface area (Å²) in [5, 5.41) is 5.36. The number of carbonyl (C=O) groups excluding carboxylic acids is 1. The summed E-state index contributed by atoms with van der Waals surface area (Å²) in [6.45, 7) is 2.04. The Labute approximate surface area is 119 Å². The molecule has 1 heterocycles. The summed E-state index contributed by atoms with van der Waals surface area (Å²) in [6.07, 6.45) is 4.00. The molecule has 0 bridgehead atoms. The van der Waals surface area contributed by atoms with Crippen molar-refractivity contribution in [2.24, 2.45) is 0 Å². The molecule has 0 atom stereocenters. The molecule has 0 fully saturated rings. The number of hydrogen-bond donors (Lipinski definition) is 2. The Morgan fingerprint density at radius 1 is 1.21 bits per heavy atom. The van der Waals surface area contributed by atoms with E-state index in [1.165, 1.54) is 0 Å². The van der Waals surface area contributed by atoms with Gasteiger partial charge < -0.3 is 5.32 Å². The summed E-state index contributed by atoms with van der Waals surface area (Å²) in [7, 11) is 0. The van der Waals surface area contributed by atoms with E-state index >= 15 is 0 Å². The Morgan fingerprint density at radius 3 is 2.58 bits per heavy atom. The number of rotatable bonds is 3. The van der Waals surface area contributed by atoms with Crippen molar-refractivity contribution in [2.75, 3.05) is 10.6 Å². The predicted molar refractivity (Wildman–Crippen MR) is 78.2 cm³/mol. The maximum absolute atomic E-state index is 11.8. The molecule has 0 radical (unpaired) electrons. The van der Waals surface area contributed by atoms with E-state index < -0.39 is 0 Å². The second-order valence-corrected chi connectivity index (χ2v) is 4.73. The molecule has 0 aliphatic rings. The summed E-state index contributed by atoms with van der Waals surface area (Å²) in [5.41, 5.74) is 1.87. The molecule has 2 amide bonds. The van der Waals surface area contributed by atoms with Crippen LogP contribution in [-0.2, 0) is 6.42 Å². The minimum Gasteiger partial charge on any atom is -0.307 e. The van der Waals surface area contributed by atoms with Crippen LogP contribution in [0.15, 0.2) is 41.1 Å². The molecule has 0 aliphatic heterocycles. The van der Waals surface area contributed by atoms with Crippen LogP contribution in [0.4, 0.5) is 16.4 Å². The van der Waals surface area contributed by atoms with Crippen LogP contribution in [0.3, 0.4) is 0 Å². The first-order valence-corrected chi connectivity index (χ1v) is 6.62. The van der Waals surface area contributed by atoms with Gasteiger partial charge in [0.1, 0.15) is 0 Å². The maximum Gasteiger partial charge on any atom is 0.326 e. The van der Waals surface area contributed by atoms with E-state index in [0.29, 0.717) is 0 Å². The van der Waals surface area contributed by atoms with Crippen molar-refractivity contribution in [1.29, 1.82) is 0 Å². The third-order valence-electron chi connectivity index (χ3n) is 2.49. The molecule has 1 aromatic carbocycles. The molecule has 0 saturated carbocycles. The third-order valence-corrected chi connectivity index (χ3v) is 2.90. The summed E-state index contributed by atoms with van der Waals surface area (Å²) in [5.74, 6) is 0.259. The number of para-hydroxylation sites is 1. The highest BCUT2D eigenvalue weighted by Crippen LogP contribution is 2.15. The van der Waals surface area contributed by atoms with Crippen LogP contribution in [0.5, 0.6) is 0 Å². The van der Waals surface area contributed by atoms with Crippen LogP contribution < -0.4 is 10.6 Å². The minimum absolute atomic E-state index is 0.259. The van der Waals surface area contributed by atoms with Gasteiger partial charge in [-0.05, 0) is 34.0 Å². The Morgan fingerprint density at radius 2 is 1.89 bits per heavy atom. The third kappa shape index (κ3) is 3.75. The number of aryl methyl sites for hydroxylation is 1. The van der Waals surface area contributed by atoms with Crippen molar-refractivity contribution in [1.82, 2.24) is 9.97 Å². The topological polar surface area (TPSA) is 66.9 Å². The first-order chi connectivity index (χ1) is 9.19. The first kappa shape index (κ1) is 13.5. The van der Waals surface area contributed by atoms with Crippen molar-refractivity contribution in [3.05, 3.63) is 46.7 Å². The molecule has 5 nitrogen and oxygen atoms in total. The van der Waals surface area contributed by atoms with Gasteiger partial charge in [0.2, 0.25) is 5.95 Å². The van der Waals surface area contributed by atoms with Crippen molar-refractivity contribution in [3.8, 4) is 0 Å². The second kappa shape index (κ2) is 6.29. The van der Waals surface area contributed by atoms with Crippen LogP contribution in [0.25, 0.3) is 0 Å². The quantitative estimate of drug-likeness (QED) is 0.910. The normalized spacial score (nSPS) is 10.0. The van der Waals surface area contributed by atoms with Gasteiger partial charge in [0.15, 0.2) is 0 Å². The fourth-order valence-electron chi connectivity index (χ4n) is 1.58. The standard InChI is InChI=1S/C13H13BrN4O/c1-2-9-5-3-4-6-11(9)17-13(19)18-12-15-7-10(14)8-16-12/h3-8H,2H2,1H3,(H2,15,16,17,18,19). The van der Waals surface area contributed by atoms with Crippen LogP contribution in [0, 0.1) is 0 Å². The SMILES string of the molecule is CCc1ccccc1NC(=O)Nc1ncc(Br)cn1. The van der Waals surface area contributed by atoms with E-state index in [4.69, 9.17) is 0 Å². The number of benzene rings is 1. The molecule has 2 N–H and O–H groups in total. The van der Waals surface area contributed by atoms with Crippen LogP contribution in [-0.4, -0.2) is 16.0 Å². The molecule has 1 aromatic heterocycles. The Kier molecular flexibility index (Phi) is 4.46. The summed E-state index contributed by atoms with van der Waals surface area (Å²) in [6, 6.07) is 7.31. The predicted octanol–water partition coefficient (Wildman–Crippen LogP) is 3.45. The van der Waals surface area contributed by atoms with E-state index in [-0.39, 0.29) is 12.0 Å². The number of hydrogen-bond acceptors (Lipinski definition) is 3. The lowest BCUT2D eigenvalue weighted by Crippen LogP contribution is -2.21. The van der Waals surface area contributed by atoms with E-state index in [1.807, 2.05) is 31.2 Å². The Balaban J connectivity index is 2.03. The Hall–Kier alpha value is -1.95. The number of amides is 2. The monoisotopic (exact) mass is 320 g/mol. The van der Waals surface area contributed by atoms with Crippen molar-refractivity contribution >= 4 is 33.6 Å². The molecule has 98 valence electrons. The zero-order chi connectivity index (χ0) is 13.7. The summed E-state index contributed by atoms with van der Waals surface area (Å²) < 4.78 is 0.759. The lowest BCUT2D eigenvalue weighted by Gasteiger charge is -2.09. The van der Waals surface area contributed by atoms with Crippen molar-refractivity contribution in [2.45, 2.75) is 13.3 Å². The van der Waals surface area contributed by atoms with Gasteiger partial charge in [-0.25, -0.2) is 14.8 Å². The highest BCUT2D eigenvalue weighted by Gasteiger charge is 2.06. The van der Waals surface area contributed by atoms with Gasteiger partial charge in [0.25, 0.3) is 0 Å². The largest absolute Gasteiger partial charge is 0.326 e. The molecule has 6 heteroatoms. The lowest BCUT2D eigenvalue weighted by molar-refractivity contribution is 0.262. The first-order valence-electron chi connectivity index (χ1n) is 5.82. The number of aromatic nitrogens is 2. The molecular formula is C13H13BrN4O. The number of anilines is 2. The lowest BCUT2D eigenvalue weighted by atomic mass is 10.1. The van der Waals surface area contributed by atoms with E-state index in [9.17, 15) is 4.79 Å².